The van der Waals surface area contributed by atoms with Crippen LogP contribution in [-0.2, 0) is 16.1 Å². The number of quaternary nitrogens is 1. The highest BCUT2D eigenvalue weighted by atomic mass is 79.9. The molecule has 8 nitrogen and oxygen atoms in total. The third-order valence-electron chi connectivity index (χ3n) is 4.24. The van der Waals surface area contributed by atoms with Gasteiger partial charge in [0.2, 0.25) is 0 Å². The van der Waals surface area contributed by atoms with Crippen molar-refractivity contribution in [2.75, 3.05) is 20.3 Å². The molecule has 3 aromatic rings. The van der Waals surface area contributed by atoms with Crippen molar-refractivity contribution in [3.05, 3.63) is 63.0 Å². The fourth-order valence-electron chi connectivity index (χ4n) is 2.78. The average molecular weight is 466 g/mol. The lowest BCUT2D eigenvalue weighted by atomic mass is 10.1. The van der Waals surface area contributed by atoms with E-state index in [-0.39, 0.29) is 18.9 Å². The number of benzene rings is 2. The first-order chi connectivity index (χ1) is 13.9. The van der Waals surface area contributed by atoms with Crippen molar-refractivity contribution in [1.82, 2.24) is 0 Å². The Morgan fingerprint density at radius 3 is 2.62 bits per heavy atom. The summed E-state index contributed by atoms with van der Waals surface area (Å²) in [5.41, 5.74) is 1.90. The molecule has 0 spiro atoms. The largest absolute Gasteiger partial charge is 0.595 e. The van der Waals surface area contributed by atoms with Gasteiger partial charge in [0, 0.05) is 24.6 Å². The monoisotopic (exact) mass is 465 g/mol. The lowest BCUT2D eigenvalue weighted by Crippen LogP contribution is -2.99. The second kappa shape index (κ2) is 9.38. The van der Waals surface area contributed by atoms with Crippen LogP contribution in [0, 0.1) is 12.1 Å². The van der Waals surface area contributed by atoms with Crippen LogP contribution in [0.25, 0.3) is 11.0 Å². The van der Waals surface area contributed by atoms with Crippen LogP contribution in [0.2, 0.25) is 0 Å². The minimum Gasteiger partial charge on any atom is -0.595 e. The number of aryl methyl sites for hydroxylation is 1. The minimum atomic E-state index is -0.981. The summed E-state index contributed by atoms with van der Waals surface area (Å²) in [6.45, 7) is 2.38. The van der Waals surface area contributed by atoms with E-state index in [9.17, 15) is 10.0 Å². The molecule has 0 aliphatic rings. The third kappa shape index (κ3) is 4.95. The predicted molar refractivity (Wildman–Crippen MR) is 107 cm³/mol. The first-order valence-corrected chi connectivity index (χ1v) is 9.53. The molecule has 3 rings (SSSR count). The van der Waals surface area contributed by atoms with Crippen LogP contribution >= 0.6 is 15.9 Å². The Balaban J connectivity index is 1.82. The van der Waals surface area contributed by atoms with E-state index in [0.717, 1.165) is 5.56 Å². The van der Waals surface area contributed by atoms with Crippen molar-refractivity contribution < 1.29 is 33.9 Å². The lowest BCUT2D eigenvalue weighted by molar-refractivity contribution is -0.991. The molecule has 1 atom stereocenters. The number of hydrogen-bond donors (Lipinski definition) is 2. The molecule has 0 saturated heterocycles. The maximum absolute atomic E-state index is 12.4. The molecule has 2 aromatic carbocycles. The molecule has 0 radical (unpaired) electrons. The molecule has 0 amide bonds. The van der Waals surface area contributed by atoms with Crippen molar-refractivity contribution in [1.29, 1.82) is 0 Å². The van der Waals surface area contributed by atoms with E-state index < -0.39 is 11.2 Å². The molecule has 1 heterocycles. The number of methoxy groups -OCH3 is 1. The molecule has 0 bridgehead atoms. The SMILES string of the molecule is COCCOC(=O)c1c(C)oc2cc(Br)c(OCc3ccc([NH+]([O-])O)cc3)cc12. The van der Waals surface area contributed by atoms with Gasteiger partial charge < -0.3 is 23.8 Å². The smallest absolute Gasteiger partial charge is 0.342 e. The Morgan fingerprint density at radius 1 is 1.24 bits per heavy atom. The maximum atomic E-state index is 12.4. The summed E-state index contributed by atoms with van der Waals surface area (Å²) in [5, 5.41) is 19.5. The van der Waals surface area contributed by atoms with Gasteiger partial charge in [-0.1, -0.05) is 0 Å². The molecule has 9 heteroatoms. The summed E-state index contributed by atoms with van der Waals surface area (Å²) < 4.78 is 22.3. The molecule has 154 valence electrons. The molecule has 29 heavy (non-hydrogen) atoms. The highest BCUT2D eigenvalue weighted by molar-refractivity contribution is 9.10. The van der Waals surface area contributed by atoms with E-state index in [2.05, 4.69) is 15.9 Å². The number of esters is 1. The van der Waals surface area contributed by atoms with Gasteiger partial charge in [0.25, 0.3) is 0 Å². The predicted octanol–water partition coefficient (Wildman–Crippen LogP) is 3.29. The second-order valence-corrected chi connectivity index (χ2v) is 7.09. The van der Waals surface area contributed by atoms with Crippen LogP contribution in [-0.4, -0.2) is 31.5 Å². The molecule has 1 aromatic heterocycles. The zero-order chi connectivity index (χ0) is 21.0. The maximum Gasteiger partial charge on any atom is 0.342 e. The lowest BCUT2D eigenvalue weighted by Gasteiger charge is -2.12. The zero-order valence-electron chi connectivity index (χ0n) is 15.9. The molecule has 0 fully saturated rings. The Hall–Kier alpha value is -2.43. The molecular formula is C20H20BrNO7. The van der Waals surface area contributed by atoms with Crippen LogP contribution in [0.3, 0.4) is 0 Å². The van der Waals surface area contributed by atoms with Gasteiger partial charge in [-0.3, -0.25) is 0 Å². The van der Waals surface area contributed by atoms with E-state index in [4.69, 9.17) is 23.8 Å². The van der Waals surface area contributed by atoms with Gasteiger partial charge in [-0.2, -0.15) is 5.23 Å². The summed E-state index contributed by atoms with van der Waals surface area (Å²) in [5.74, 6) is 0.484. The second-order valence-electron chi connectivity index (χ2n) is 6.23. The van der Waals surface area contributed by atoms with E-state index in [1.54, 1.807) is 31.2 Å². The number of carbonyl (C=O) groups excluding carboxylic acids is 1. The number of fused-ring (bicyclic) bond motifs is 1. The molecule has 0 saturated carbocycles. The van der Waals surface area contributed by atoms with Gasteiger partial charge >= 0.3 is 5.97 Å². The topological polar surface area (TPSA) is 106 Å². The molecule has 1 unspecified atom stereocenters. The van der Waals surface area contributed by atoms with Crippen molar-refractivity contribution in [3.63, 3.8) is 0 Å². The quantitative estimate of drug-likeness (QED) is 0.298. The van der Waals surface area contributed by atoms with Gasteiger partial charge in [0.1, 0.15) is 35.9 Å². The minimum absolute atomic E-state index is 0.146. The van der Waals surface area contributed by atoms with E-state index >= 15 is 0 Å². The third-order valence-corrected chi connectivity index (χ3v) is 4.86. The van der Waals surface area contributed by atoms with Crippen LogP contribution in [0.5, 0.6) is 5.75 Å². The normalized spacial score (nSPS) is 12.2. The Labute approximate surface area is 175 Å². The number of carbonyl (C=O) groups is 1. The fourth-order valence-corrected chi connectivity index (χ4v) is 3.22. The van der Waals surface area contributed by atoms with Crippen LogP contribution in [0.1, 0.15) is 21.7 Å². The Kier molecular flexibility index (Phi) is 6.88. The summed E-state index contributed by atoms with van der Waals surface area (Å²) in [4.78, 5) is 12.4. The van der Waals surface area contributed by atoms with Crippen molar-refractivity contribution in [2.45, 2.75) is 13.5 Å². The van der Waals surface area contributed by atoms with Crippen molar-refractivity contribution >= 4 is 38.6 Å². The first kappa shape index (κ1) is 21.3. The first-order valence-electron chi connectivity index (χ1n) is 8.74. The van der Waals surface area contributed by atoms with Gasteiger partial charge in [0.15, 0.2) is 5.69 Å². The van der Waals surface area contributed by atoms with E-state index in [1.807, 2.05) is 0 Å². The fraction of sp³-hybridized carbons (Fsp3) is 0.250. The highest BCUT2D eigenvalue weighted by Crippen LogP contribution is 2.35. The van der Waals surface area contributed by atoms with Gasteiger partial charge in [-0.05, 0) is 52.7 Å². The number of halogens is 1. The molecule has 0 aliphatic carbocycles. The number of hydrogen-bond acceptors (Lipinski definition) is 7. The average Bonchev–Trinajstić information content (AvgIpc) is 3.01. The number of ether oxygens (including phenoxy) is 3. The summed E-state index contributed by atoms with van der Waals surface area (Å²) >= 11 is 3.45. The summed E-state index contributed by atoms with van der Waals surface area (Å²) in [6.07, 6.45) is 0. The van der Waals surface area contributed by atoms with Crippen LogP contribution in [0.4, 0.5) is 5.69 Å². The van der Waals surface area contributed by atoms with E-state index in [0.29, 0.717) is 39.1 Å². The molecule has 2 N–H and O–H groups in total. The Morgan fingerprint density at radius 2 is 1.97 bits per heavy atom. The summed E-state index contributed by atoms with van der Waals surface area (Å²) in [6, 6.07) is 9.87. The van der Waals surface area contributed by atoms with Crippen LogP contribution in [0.15, 0.2) is 45.3 Å². The van der Waals surface area contributed by atoms with Gasteiger partial charge in [0.05, 0.1) is 11.1 Å². The standard InChI is InChI=1S/C20H20BrNO7/c1-12-19(20(23)27-8-7-26-2)15-9-18(16(21)10-17(15)29-12)28-11-13-3-5-14(6-4-13)22(24)25/h3-6,9-10,22,24H,7-8,11H2,1-2H3. The van der Waals surface area contributed by atoms with Crippen LogP contribution < -0.4 is 9.96 Å². The highest BCUT2D eigenvalue weighted by Gasteiger charge is 2.21. The van der Waals surface area contributed by atoms with Crippen molar-refractivity contribution in [2.24, 2.45) is 0 Å². The van der Waals surface area contributed by atoms with Gasteiger partial charge in [-0.25, -0.2) is 10.0 Å². The summed E-state index contributed by atoms with van der Waals surface area (Å²) in [7, 11) is 1.53. The Bertz CT molecular complexity index is 998. The number of furan rings is 1. The van der Waals surface area contributed by atoms with E-state index in [1.165, 1.54) is 19.2 Å². The zero-order valence-corrected chi connectivity index (χ0v) is 17.4. The van der Waals surface area contributed by atoms with Gasteiger partial charge in [-0.15, -0.1) is 0 Å². The number of nitrogens with one attached hydrogen (secondary N) is 1. The number of rotatable bonds is 8. The molecular weight excluding hydrogens is 446 g/mol. The van der Waals surface area contributed by atoms with Crippen molar-refractivity contribution in [3.8, 4) is 5.75 Å². The molecule has 0 aliphatic heterocycles.